The van der Waals surface area contributed by atoms with E-state index in [1.165, 1.54) is 11.1 Å². The molecule has 0 aliphatic carbocycles. The minimum atomic E-state index is -0.249. The van der Waals surface area contributed by atoms with E-state index in [9.17, 15) is 4.79 Å². The van der Waals surface area contributed by atoms with E-state index in [-0.39, 0.29) is 11.4 Å². The summed E-state index contributed by atoms with van der Waals surface area (Å²) in [5.41, 5.74) is 3.82. The van der Waals surface area contributed by atoms with Crippen LogP contribution in [0.25, 0.3) is 5.57 Å². The van der Waals surface area contributed by atoms with E-state index in [0.29, 0.717) is 0 Å². The van der Waals surface area contributed by atoms with Gasteiger partial charge in [0.1, 0.15) is 11.4 Å². The lowest BCUT2D eigenvalue weighted by Crippen LogP contribution is -2.46. The fourth-order valence-electron chi connectivity index (χ4n) is 3.59. The van der Waals surface area contributed by atoms with Crippen LogP contribution in [-0.4, -0.2) is 24.5 Å². The van der Waals surface area contributed by atoms with Crippen LogP contribution in [0.15, 0.2) is 54.6 Å². The second-order valence-electron chi connectivity index (χ2n) is 6.61. The van der Waals surface area contributed by atoms with Crippen LogP contribution in [0.3, 0.4) is 0 Å². The molecule has 0 saturated carbocycles. The number of benzene rings is 2. The molecule has 0 unspecified atom stereocenters. The predicted molar refractivity (Wildman–Crippen MR) is 95.4 cm³/mol. The molecule has 0 bridgehead atoms. The van der Waals surface area contributed by atoms with E-state index in [0.717, 1.165) is 42.8 Å². The molecule has 2 aliphatic heterocycles. The molecule has 0 aromatic heterocycles. The minimum Gasteiger partial charge on any atom is -0.482 e. The SMILES string of the molecule is CC(=O)c1ccc2c(c1)C(c1ccccc1)=CC1(CCNCC1)O2. The van der Waals surface area contributed by atoms with Crippen LogP contribution < -0.4 is 10.1 Å². The van der Waals surface area contributed by atoms with Gasteiger partial charge in [0.25, 0.3) is 0 Å². The molecule has 2 aromatic carbocycles. The number of hydrogen-bond acceptors (Lipinski definition) is 3. The van der Waals surface area contributed by atoms with Gasteiger partial charge in [0, 0.05) is 24.0 Å². The van der Waals surface area contributed by atoms with Gasteiger partial charge in [-0.15, -0.1) is 0 Å². The van der Waals surface area contributed by atoms with Gasteiger partial charge in [0.2, 0.25) is 0 Å². The topological polar surface area (TPSA) is 38.3 Å². The lowest BCUT2D eigenvalue weighted by Gasteiger charge is -2.40. The third-order valence-electron chi connectivity index (χ3n) is 4.93. The van der Waals surface area contributed by atoms with Gasteiger partial charge in [0.15, 0.2) is 5.78 Å². The Morgan fingerprint density at radius 3 is 2.54 bits per heavy atom. The first kappa shape index (κ1) is 15.2. The Morgan fingerprint density at radius 1 is 1.08 bits per heavy atom. The molecule has 1 N–H and O–H groups in total. The molecule has 0 radical (unpaired) electrons. The molecular weight excluding hydrogens is 298 g/mol. The molecule has 2 heterocycles. The van der Waals surface area contributed by atoms with Crippen LogP contribution >= 0.6 is 0 Å². The quantitative estimate of drug-likeness (QED) is 0.855. The highest BCUT2D eigenvalue weighted by atomic mass is 16.5. The molecule has 1 saturated heterocycles. The van der Waals surface area contributed by atoms with Gasteiger partial charge < -0.3 is 10.1 Å². The zero-order valence-electron chi connectivity index (χ0n) is 13.8. The van der Waals surface area contributed by atoms with Crippen LogP contribution in [0.4, 0.5) is 0 Å². The molecule has 3 nitrogen and oxygen atoms in total. The fraction of sp³-hybridized carbons (Fsp3) is 0.286. The number of carbonyl (C=O) groups excluding carboxylic acids is 1. The molecule has 24 heavy (non-hydrogen) atoms. The molecule has 0 amide bonds. The van der Waals surface area contributed by atoms with Gasteiger partial charge in [-0.25, -0.2) is 0 Å². The Bertz CT molecular complexity index is 802. The number of Topliss-reactive ketones (excluding diaryl/α,β-unsaturated/α-hetero) is 1. The molecule has 1 fully saturated rings. The highest BCUT2D eigenvalue weighted by Crippen LogP contribution is 2.42. The smallest absolute Gasteiger partial charge is 0.159 e. The average molecular weight is 319 g/mol. The van der Waals surface area contributed by atoms with Crippen molar-refractivity contribution >= 4 is 11.4 Å². The van der Waals surface area contributed by atoms with Crippen LogP contribution in [0.5, 0.6) is 5.75 Å². The normalized spacial score (nSPS) is 18.5. The first-order chi connectivity index (χ1) is 11.7. The Labute approximate surface area is 142 Å². The number of piperidine rings is 1. The van der Waals surface area contributed by atoms with Gasteiger partial charge in [0.05, 0.1) is 0 Å². The van der Waals surface area contributed by atoms with Crippen molar-refractivity contribution in [3.63, 3.8) is 0 Å². The summed E-state index contributed by atoms with van der Waals surface area (Å²) in [4.78, 5) is 11.8. The van der Waals surface area contributed by atoms with Gasteiger partial charge >= 0.3 is 0 Å². The maximum atomic E-state index is 11.8. The van der Waals surface area contributed by atoms with Crippen molar-refractivity contribution in [2.45, 2.75) is 25.4 Å². The molecule has 2 aromatic rings. The van der Waals surface area contributed by atoms with Crippen molar-refractivity contribution in [1.29, 1.82) is 0 Å². The van der Waals surface area contributed by atoms with Crippen molar-refractivity contribution < 1.29 is 9.53 Å². The van der Waals surface area contributed by atoms with Gasteiger partial charge in [-0.3, -0.25) is 4.79 Å². The number of ketones is 1. The summed E-state index contributed by atoms with van der Waals surface area (Å²) in [6, 6.07) is 16.1. The summed E-state index contributed by atoms with van der Waals surface area (Å²) in [5.74, 6) is 0.954. The number of fused-ring (bicyclic) bond motifs is 1. The molecule has 4 rings (SSSR count). The molecule has 1 spiro atoms. The van der Waals surface area contributed by atoms with Crippen LogP contribution in [0.2, 0.25) is 0 Å². The number of nitrogens with one attached hydrogen (secondary N) is 1. The third kappa shape index (κ3) is 2.65. The summed E-state index contributed by atoms with van der Waals surface area (Å²) in [6.45, 7) is 3.52. The molecule has 0 atom stereocenters. The van der Waals surface area contributed by atoms with Gasteiger partial charge in [-0.05, 0) is 55.4 Å². The Kier molecular flexibility index (Phi) is 3.73. The van der Waals surface area contributed by atoms with E-state index in [2.05, 4.69) is 35.7 Å². The van der Waals surface area contributed by atoms with E-state index in [1.54, 1.807) is 6.92 Å². The Morgan fingerprint density at radius 2 is 1.83 bits per heavy atom. The highest BCUT2D eigenvalue weighted by Gasteiger charge is 2.37. The predicted octanol–water partition coefficient (Wildman–Crippen LogP) is 3.84. The van der Waals surface area contributed by atoms with Crippen molar-refractivity contribution in [3.8, 4) is 5.75 Å². The van der Waals surface area contributed by atoms with Crippen molar-refractivity contribution in [2.75, 3.05) is 13.1 Å². The van der Waals surface area contributed by atoms with Gasteiger partial charge in [-0.2, -0.15) is 0 Å². The first-order valence-electron chi connectivity index (χ1n) is 8.50. The summed E-state index contributed by atoms with van der Waals surface area (Å²) in [7, 11) is 0. The molecule has 122 valence electrons. The molecule has 2 aliphatic rings. The van der Waals surface area contributed by atoms with Crippen molar-refractivity contribution in [2.24, 2.45) is 0 Å². The molecular formula is C21H21NO2. The van der Waals surface area contributed by atoms with Crippen LogP contribution in [0.1, 0.15) is 41.3 Å². The second kappa shape index (κ2) is 5.91. The van der Waals surface area contributed by atoms with Crippen molar-refractivity contribution in [3.05, 3.63) is 71.3 Å². The first-order valence-corrected chi connectivity index (χ1v) is 8.50. The summed E-state index contributed by atoms with van der Waals surface area (Å²) >= 11 is 0. The van der Waals surface area contributed by atoms with Gasteiger partial charge in [-0.1, -0.05) is 30.3 Å². The van der Waals surface area contributed by atoms with E-state index in [1.807, 2.05) is 24.3 Å². The zero-order chi connectivity index (χ0) is 16.6. The highest BCUT2D eigenvalue weighted by molar-refractivity contribution is 5.96. The molecule has 3 heteroatoms. The standard InChI is InChI=1S/C21H21NO2/c1-15(23)17-7-8-20-18(13-17)19(16-5-3-2-4-6-16)14-21(24-20)9-11-22-12-10-21/h2-8,13-14,22H,9-12H2,1H3. The number of hydrogen-bond donors (Lipinski definition) is 1. The number of ether oxygens (including phenoxy) is 1. The lowest BCUT2D eigenvalue weighted by molar-refractivity contribution is 0.0816. The summed E-state index contributed by atoms with van der Waals surface area (Å²) < 4.78 is 6.42. The average Bonchev–Trinajstić information content (AvgIpc) is 2.62. The second-order valence-corrected chi connectivity index (χ2v) is 6.61. The zero-order valence-corrected chi connectivity index (χ0v) is 13.8. The van der Waals surface area contributed by atoms with E-state index in [4.69, 9.17) is 4.74 Å². The van der Waals surface area contributed by atoms with E-state index < -0.39 is 0 Å². The Balaban J connectivity index is 1.88. The summed E-state index contributed by atoms with van der Waals surface area (Å²) in [5, 5.41) is 3.41. The number of rotatable bonds is 2. The maximum absolute atomic E-state index is 11.8. The number of carbonyl (C=O) groups is 1. The minimum absolute atomic E-state index is 0.0763. The van der Waals surface area contributed by atoms with E-state index >= 15 is 0 Å². The third-order valence-corrected chi connectivity index (χ3v) is 4.93. The largest absolute Gasteiger partial charge is 0.482 e. The van der Waals surface area contributed by atoms with Crippen molar-refractivity contribution in [1.82, 2.24) is 5.32 Å². The van der Waals surface area contributed by atoms with Crippen LogP contribution in [0, 0.1) is 0 Å². The van der Waals surface area contributed by atoms with Crippen LogP contribution in [-0.2, 0) is 0 Å². The lowest BCUT2D eigenvalue weighted by atomic mass is 9.83. The fourth-order valence-corrected chi connectivity index (χ4v) is 3.59. The Hall–Kier alpha value is -2.39. The monoisotopic (exact) mass is 319 g/mol. The maximum Gasteiger partial charge on any atom is 0.159 e. The summed E-state index contributed by atoms with van der Waals surface area (Å²) in [6.07, 6.45) is 4.18.